The van der Waals surface area contributed by atoms with E-state index in [-0.39, 0.29) is 22.7 Å². The Morgan fingerprint density at radius 1 is 1.62 bits per heavy atom. The van der Waals surface area contributed by atoms with Crippen molar-refractivity contribution in [3.8, 4) is 6.07 Å². The maximum Gasteiger partial charge on any atom is 0.271 e. The number of ketones is 1. The summed E-state index contributed by atoms with van der Waals surface area (Å²) in [6.07, 6.45) is 0. The van der Waals surface area contributed by atoms with Gasteiger partial charge >= 0.3 is 0 Å². The molecule has 5 nitrogen and oxygen atoms in total. The summed E-state index contributed by atoms with van der Waals surface area (Å²) in [5, 5.41) is 19.4. The Hall–Kier alpha value is -1.93. The first-order valence-electron chi connectivity index (χ1n) is 4.29. The van der Waals surface area contributed by atoms with Crippen LogP contribution >= 0.6 is 11.6 Å². The molecule has 0 N–H and O–H groups in total. The molecule has 0 aliphatic rings. The molecule has 82 valence electrons. The summed E-state index contributed by atoms with van der Waals surface area (Å²) < 4.78 is 0. The monoisotopic (exact) mass is 238 g/mol. The highest BCUT2D eigenvalue weighted by Crippen LogP contribution is 2.22. The summed E-state index contributed by atoms with van der Waals surface area (Å²) >= 11 is 5.40. The molecule has 0 radical (unpaired) electrons. The number of nitriles is 1. The zero-order chi connectivity index (χ0) is 12.3. The summed E-state index contributed by atoms with van der Waals surface area (Å²) in [5.74, 6) is -0.668. The molecule has 1 aromatic carbocycles. The van der Waals surface area contributed by atoms with Crippen LogP contribution in [0, 0.1) is 28.4 Å². The minimum absolute atomic E-state index is 0.0163. The smallest absolute Gasteiger partial charge is 0.271 e. The lowest BCUT2D eigenvalue weighted by molar-refractivity contribution is -0.384. The summed E-state index contributed by atoms with van der Waals surface area (Å²) in [6, 6.07) is 4.09. The minimum Gasteiger partial charge on any atom is -0.293 e. The molecule has 1 rings (SSSR count). The van der Waals surface area contributed by atoms with Crippen molar-refractivity contribution in [2.24, 2.45) is 0 Å². The molecule has 0 aliphatic heterocycles. The number of carbonyl (C=O) groups is 1. The van der Waals surface area contributed by atoms with E-state index in [1.165, 1.54) is 13.0 Å². The number of rotatable bonds is 3. The second-order valence-corrected chi connectivity index (χ2v) is 3.38. The average molecular weight is 239 g/mol. The zero-order valence-corrected chi connectivity index (χ0v) is 9.11. The number of nitro groups is 1. The number of halogens is 1. The first-order chi connectivity index (χ1) is 7.51. The molecule has 0 spiro atoms. The van der Waals surface area contributed by atoms with Gasteiger partial charge < -0.3 is 0 Å². The number of non-ortho nitro benzene ring substituents is 1. The van der Waals surface area contributed by atoms with Gasteiger partial charge in [-0.3, -0.25) is 14.9 Å². The minimum atomic E-state index is -0.608. The van der Waals surface area contributed by atoms with Crippen molar-refractivity contribution in [3.05, 3.63) is 38.9 Å². The molecule has 0 aliphatic carbocycles. The van der Waals surface area contributed by atoms with Crippen LogP contribution in [0.3, 0.4) is 0 Å². The van der Waals surface area contributed by atoms with E-state index in [1.54, 1.807) is 6.07 Å². The maximum absolute atomic E-state index is 11.4. The second-order valence-electron chi connectivity index (χ2n) is 3.11. The van der Waals surface area contributed by atoms with Crippen molar-refractivity contribution in [1.29, 1.82) is 5.26 Å². The highest BCUT2D eigenvalue weighted by molar-refractivity contribution is 6.31. The van der Waals surface area contributed by atoms with E-state index in [0.717, 1.165) is 6.07 Å². The SMILES string of the molecule is Cc1cc([N+](=O)[O-])cc(C#N)c1C(=O)CCl. The number of nitrogens with zero attached hydrogens (tertiary/aromatic N) is 2. The van der Waals surface area contributed by atoms with Crippen LogP contribution in [0.1, 0.15) is 21.5 Å². The third-order valence-corrected chi connectivity index (χ3v) is 2.29. The Labute approximate surface area is 96.4 Å². The standard InChI is InChI=1S/C10H7ClN2O3/c1-6-2-8(13(15)16)3-7(5-12)10(6)9(14)4-11/h2-3H,4H2,1H3. The van der Waals surface area contributed by atoms with Gasteiger partial charge in [0.05, 0.1) is 16.4 Å². The molecule has 6 heteroatoms. The highest BCUT2D eigenvalue weighted by Gasteiger charge is 2.18. The van der Waals surface area contributed by atoms with Gasteiger partial charge in [-0.2, -0.15) is 5.26 Å². The van der Waals surface area contributed by atoms with E-state index in [1.807, 2.05) is 0 Å². The number of aryl methyl sites for hydroxylation is 1. The van der Waals surface area contributed by atoms with Gasteiger partial charge in [0.2, 0.25) is 0 Å². The number of Topliss-reactive ketones (excluding diaryl/α,β-unsaturated/α-hetero) is 1. The fraction of sp³-hybridized carbons (Fsp3) is 0.200. The zero-order valence-electron chi connectivity index (χ0n) is 8.36. The quantitative estimate of drug-likeness (QED) is 0.350. The van der Waals surface area contributed by atoms with Crippen LogP contribution in [0.5, 0.6) is 0 Å². The van der Waals surface area contributed by atoms with Crippen molar-refractivity contribution in [2.75, 3.05) is 5.88 Å². The van der Waals surface area contributed by atoms with Crippen molar-refractivity contribution in [2.45, 2.75) is 6.92 Å². The molecule has 0 fully saturated rings. The lowest BCUT2D eigenvalue weighted by Gasteiger charge is -2.04. The lowest BCUT2D eigenvalue weighted by Crippen LogP contribution is -2.07. The Bertz CT molecular complexity index is 506. The van der Waals surface area contributed by atoms with Crippen LogP contribution in [-0.4, -0.2) is 16.6 Å². The van der Waals surface area contributed by atoms with E-state index < -0.39 is 10.7 Å². The van der Waals surface area contributed by atoms with Crippen LogP contribution in [0.4, 0.5) is 5.69 Å². The molecule has 0 aromatic heterocycles. The fourth-order valence-corrected chi connectivity index (χ4v) is 1.53. The molecule has 0 unspecified atom stereocenters. The summed E-state index contributed by atoms with van der Waals surface area (Å²) in [7, 11) is 0. The third-order valence-electron chi connectivity index (χ3n) is 2.05. The maximum atomic E-state index is 11.4. The molecule has 0 saturated carbocycles. The van der Waals surface area contributed by atoms with Crippen molar-refractivity contribution < 1.29 is 9.72 Å². The number of carbonyl (C=O) groups excluding carboxylic acids is 1. The summed E-state index contributed by atoms with van der Waals surface area (Å²) in [6.45, 7) is 1.54. The number of benzene rings is 1. The summed E-state index contributed by atoms with van der Waals surface area (Å²) in [4.78, 5) is 21.4. The van der Waals surface area contributed by atoms with Gasteiger partial charge in [0, 0.05) is 17.7 Å². The van der Waals surface area contributed by atoms with Gasteiger partial charge in [-0.15, -0.1) is 11.6 Å². The first kappa shape index (κ1) is 12.1. The topological polar surface area (TPSA) is 84.0 Å². The fourth-order valence-electron chi connectivity index (χ4n) is 1.40. The van der Waals surface area contributed by atoms with Crippen LogP contribution in [0.25, 0.3) is 0 Å². The van der Waals surface area contributed by atoms with Crippen LogP contribution < -0.4 is 0 Å². The predicted octanol–water partition coefficient (Wildman–Crippen LogP) is 2.20. The van der Waals surface area contributed by atoms with E-state index in [9.17, 15) is 14.9 Å². The van der Waals surface area contributed by atoms with Crippen molar-refractivity contribution >= 4 is 23.1 Å². The molecule has 1 aromatic rings. The largest absolute Gasteiger partial charge is 0.293 e. The van der Waals surface area contributed by atoms with Gasteiger partial charge in [0.25, 0.3) is 5.69 Å². The van der Waals surface area contributed by atoms with Crippen LogP contribution in [0.2, 0.25) is 0 Å². The van der Waals surface area contributed by atoms with Gasteiger partial charge in [-0.05, 0) is 12.5 Å². The Kier molecular flexibility index (Phi) is 3.59. The van der Waals surface area contributed by atoms with Crippen molar-refractivity contribution in [1.82, 2.24) is 0 Å². The number of nitro benzene ring substituents is 1. The van der Waals surface area contributed by atoms with Gasteiger partial charge in [-0.25, -0.2) is 0 Å². The molecule has 0 saturated heterocycles. The number of hydrogen-bond donors (Lipinski definition) is 0. The van der Waals surface area contributed by atoms with E-state index >= 15 is 0 Å². The summed E-state index contributed by atoms with van der Waals surface area (Å²) in [5.41, 5.74) is 0.317. The number of hydrogen-bond acceptors (Lipinski definition) is 4. The molecule has 0 bridgehead atoms. The molecular weight excluding hydrogens is 232 g/mol. The molecule has 0 heterocycles. The molecule has 16 heavy (non-hydrogen) atoms. The Balaban J connectivity index is 3.48. The lowest BCUT2D eigenvalue weighted by atomic mass is 9.98. The molecule has 0 atom stereocenters. The van der Waals surface area contributed by atoms with Crippen LogP contribution in [0.15, 0.2) is 12.1 Å². The normalized spacial score (nSPS) is 9.56. The van der Waals surface area contributed by atoms with Gasteiger partial charge in [0.15, 0.2) is 5.78 Å². The molecule has 0 amide bonds. The predicted molar refractivity (Wildman–Crippen MR) is 57.6 cm³/mol. The third kappa shape index (κ3) is 2.18. The second kappa shape index (κ2) is 4.73. The molecular formula is C10H7ClN2O3. The van der Waals surface area contributed by atoms with Gasteiger partial charge in [-0.1, -0.05) is 0 Å². The first-order valence-corrected chi connectivity index (χ1v) is 4.83. The van der Waals surface area contributed by atoms with E-state index in [4.69, 9.17) is 16.9 Å². The van der Waals surface area contributed by atoms with E-state index in [2.05, 4.69) is 0 Å². The highest BCUT2D eigenvalue weighted by atomic mass is 35.5. The van der Waals surface area contributed by atoms with Crippen molar-refractivity contribution in [3.63, 3.8) is 0 Å². The van der Waals surface area contributed by atoms with Crippen LogP contribution in [-0.2, 0) is 0 Å². The Morgan fingerprint density at radius 2 is 2.25 bits per heavy atom. The number of alkyl halides is 1. The van der Waals surface area contributed by atoms with E-state index in [0.29, 0.717) is 5.56 Å². The Morgan fingerprint density at radius 3 is 2.69 bits per heavy atom. The van der Waals surface area contributed by atoms with Gasteiger partial charge in [0.1, 0.15) is 6.07 Å². The average Bonchev–Trinajstić information content (AvgIpc) is 2.26.